The van der Waals surface area contributed by atoms with E-state index < -0.39 is 0 Å². The predicted molar refractivity (Wildman–Crippen MR) is 64.0 cm³/mol. The van der Waals surface area contributed by atoms with Gasteiger partial charge in [-0.3, -0.25) is 4.79 Å². The highest BCUT2D eigenvalue weighted by Crippen LogP contribution is 2.35. The van der Waals surface area contributed by atoms with Gasteiger partial charge in [-0.15, -0.1) is 0 Å². The van der Waals surface area contributed by atoms with Gasteiger partial charge in [0.15, 0.2) is 0 Å². The third-order valence-corrected chi connectivity index (χ3v) is 3.39. The topological polar surface area (TPSA) is 55.6 Å². The first-order valence-electron chi connectivity index (χ1n) is 6.11. The van der Waals surface area contributed by atoms with Gasteiger partial charge in [-0.1, -0.05) is 6.92 Å². The first-order chi connectivity index (χ1) is 7.61. The summed E-state index contributed by atoms with van der Waals surface area (Å²) in [4.78, 5) is 14.1. The number of nitrogens with zero attached hydrogens (tertiary/aromatic N) is 1. The molecule has 0 bridgehead atoms. The van der Waals surface area contributed by atoms with E-state index in [2.05, 4.69) is 6.92 Å². The molecule has 1 saturated carbocycles. The number of methoxy groups -OCH3 is 1. The van der Waals surface area contributed by atoms with Crippen LogP contribution in [-0.4, -0.2) is 43.7 Å². The number of carbonyl (C=O) groups excluding carboxylic acids is 1. The molecule has 2 atom stereocenters. The summed E-state index contributed by atoms with van der Waals surface area (Å²) in [6, 6.07) is 0.330. The van der Waals surface area contributed by atoms with Crippen molar-refractivity contribution in [2.24, 2.45) is 17.6 Å². The van der Waals surface area contributed by atoms with Gasteiger partial charge in [0.1, 0.15) is 0 Å². The maximum atomic E-state index is 12.1. The largest absolute Gasteiger partial charge is 0.383 e. The monoisotopic (exact) mass is 228 g/mol. The van der Waals surface area contributed by atoms with Crippen LogP contribution in [0.2, 0.25) is 0 Å². The van der Waals surface area contributed by atoms with Gasteiger partial charge in [-0.25, -0.2) is 0 Å². The predicted octanol–water partition coefficient (Wildman–Crippen LogP) is 0.855. The lowest BCUT2D eigenvalue weighted by molar-refractivity contribution is -0.137. The van der Waals surface area contributed by atoms with Gasteiger partial charge < -0.3 is 15.4 Å². The highest BCUT2D eigenvalue weighted by molar-refractivity contribution is 5.79. The number of hydrogen-bond donors (Lipinski definition) is 1. The van der Waals surface area contributed by atoms with Crippen molar-refractivity contribution < 1.29 is 9.53 Å². The molecule has 0 radical (unpaired) electrons. The third-order valence-electron chi connectivity index (χ3n) is 3.39. The van der Waals surface area contributed by atoms with E-state index in [0.29, 0.717) is 31.7 Å². The lowest BCUT2D eigenvalue weighted by Gasteiger charge is -2.31. The van der Waals surface area contributed by atoms with Crippen molar-refractivity contribution in [3.63, 3.8) is 0 Å². The molecule has 2 unspecified atom stereocenters. The average molecular weight is 228 g/mol. The van der Waals surface area contributed by atoms with Crippen molar-refractivity contribution in [1.29, 1.82) is 0 Å². The molecule has 1 fully saturated rings. The fourth-order valence-corrected chi connectivity index (χ4v) is 1.92. The van der Waals surface area contributed by atoms with Crippen LogP contribution in [0.1, 0.15) is 26.7 Å². The van der Waals surface area contributed by atoms with E-state index >= 15 is 0 Å². The Morgan fingerprint density at radius 3 is 2.56 bits per heavy atom. The standard InChI is InChI=1S/C12H24N2O2/c1-9(8-13)12(15)14(6-7-16-3)10(2)11-4-5-11/h9-11H,4-8,13H2,1-3H3. The number of ether oxygens (including phenoxy) is 1. The van der Waals surface area contributed by atoms with Crippen LogP contribution >= 0.6 is 0 Å². The number of carbonyl (C=O) groups is 1. The van der Waals surface area contributed by atoms with Crippen molar-refractivity contribution in [2.45, 2.75) is 32.7 Å². The van der Waals surface area contributed by atoms with Gasteiger partial charge in [0.05, 0.1) is 6.61 Å². The van der Waals surface area contributed by atoms with Crippen LogP contribution in [0.15, 0.2) is 0 Å². The van der Waals surface area contributed by atoms with Gasteiger partial charge in [-0.05, 0) is 25.7 Å². The molecule has 0 aliphatic heterocycles. The molecule has 0 heterocycles. The van der Waals surface area contributed by atoms with Gasteiger partial charge in [0.2, 0.25) is 5.91 Å². The second-order valence-corrected chi connectivity index (χ2v) is 4.74. The van der Waals surface area contributed by atoms with Crippen LogP contribution in [0.25, 0.3) is 0 Å². The first kappa shape index (κ1) is 13.5. The van der Waals surface area contributed by atoms with Crippen LogP contribution < -0.4 is 5.73 Å². The van der Waals surface area contributed by atoms with E-state index in [4.69, 9.17) is 10.5 Å². The molecule has 1 rings (SSSR count). The molecule has 0 aromatic heterocycles. The Balaban J connectivity index is 2.57. The second-order valence-electron chi connectivity index (χ2n) is 4.74. The Morgan fingerprint density at radius 2 is 2.12 bits per heavy atom. The summed E-state index contributed by atoms with van der Waals surface area (Å²) in [7, 11) is 1.66. The first-order valence-corrected chi connectivity index (χ1v) is 6.11. The average Bonchev–Trinajstić information content (AvgIpc) is 3.11. The van der Waals surface area contributed by atoms with Crippen LogP contribution in [-0.2, 0) is 9.53 Å². The van der Waals surface area contributed by atoms with E-state index in [-0.39, 0.29) is 11.8 Å². The number of nitrogens with two attached hydrogens (primary N) is 1. The van der Waals surface area contributed by atoms with Crippen LogP contribution in [0, 0.1) is 11.8 Å². The molecule has 1 aliphatic rings. The van der Waals surface area contributed by atoms with Gasteiger partial charge in [0, 0.05) is 32.2 Å². The van der Waals surface area contributed by atoms with Crippen LogP contribution in [0.5, 0.6) is 0 Å². The van der Waals surface area contributed by atoms with Gasteiger partial charge in [-0.2, -0.15) is 0 Å². The highest BCUT2D eigenvalue weighted by atomic mass is 16.5. The Morgan fingerprint density at radius 1 is 1.50 bits per heavy atom. The smallest absolute Gasteiger partial charge is 0.227 e. The zero-order valence-electron chi connectivity index (χ0n) is 10.6. The molecule has 4 heteroatoms. The summed E-state index contributed by atoms with van der Waals surface area (Å²) >= 11 is 0. The molecule has 1 aliphatic carbocycles. The molecule has 1 amide bonds. The molecule has 94 valence electrons. The Labute approximate surface area is 98.1 Å². The normalized spacial score (nSPS) is 19.2. The van der Waals surface area contributed by atoms with Crippen LogP contribution in [0.4, 0.5) is 0 Å². The molecule has 16 heavy (non-hydrogen) atoms. The maximum Gasteiger partial charge on any atom is 0.227 e. The fraction of sp³-hybridized carbons (Fsp3) is 0.917. The van der Waals surface area contributed by atoms with Crippen molar-refractivity contribution in [2.75, 3.05) is 26.8 Å². The minimum Gasteiger partial charge on any atom is -0.383 e. The van der Waals surface area contributed by atoms with Crippen molar-refractivity contribution >= 4 is 5.91 Å². The molecule has 4 nitrogen and oxygen atoms in total. The second kappa shape index (κ2) is 6.21. The fourth-order valence-electron chi connectivity index (χ4n) is 1.92. The summed E-state index contributed by atoms with van der Waals surface area (Å²) in [5.41, 5.74) is 5.55. The minimum absolute atomic E-state index is 0.0851. The maximum absolute atomic E-state index is 12.1. The summed E-state index contributed by atoms with van der Waals surface area (Å²) in [6.07, 6.45) is 2.49. The molecular weight excluding hydrogens is 204 g/mol. The SMILES string of the molecule is COCCN(C(=O)C(C)CN)C(C)C1CC1. The quantitative estimate of drug-likeness (QED) is 0.703. The highest BCUT2D eigenvalue weighted by Gasteiger charge is 2.35. The van der Waals surface area contributed by atoms with Crippen LogP contribution in [0.3, 0.4) is 0 Å². The van der Waals surface area contributed by atoms with E-state index in [1.54, 1.807) is 7.11 Å². The lowest BCUT2D eigenvalue weighted by Crippen LogP contribution is -2.45. The molecular formula is C12H24N2O2. The molecule has 0 saturated heterocycles. The van der Waals surface area contributed by atoms with Crippen molar-refractivity contribution in [3.05, 3.63) is 0 Å². The summed E-state index contributed by atoms with van der Waals surface area (Å²) in [5, 5.41) is 0. The minimum atomic E-state index is -0.0851. The van der Waals surface area contributed by atoms with Crippen molar-refractivity contribution in [3.8, 4) is 0 Å². The molecule has 0 aromatic carbocycles. The van der Waals surface area contributed by atoms with Gasteiger partial charge in [0.25, 0.3) is 0 Å². The summed E-state index contributed by atoms with van der Waals surface area (Å²) in [5.74, 6) is 0.766. The number of hydrogen-bond acceptors (Lipinski definition) is 3. The van der Waals surface area contributed by atoms with E-state index in [1.165, 1.54) is 12.8 Å². The Kier molecular flexibility index (Phi) is 5.22. The van der Waals surface area contributed by atoms with E-state index in [0.717, 1.165) is 0 Å². The zero-order chi connectivity index (χ0) is 12.1. The molecule has 0 spiro atoms. The van der Waals surface area contributed by atoms with Gasteiger partial charge >= 0.3 is 0 Å². The summed E-state index contributed by atoms with van der Waals surface area (Å²) < 4.78 is 5.06. The Bertz CT molecular complexity index is 229. The number of rotatable bonds is 7. The third kappa shape index (κ3) is 3.46. The van der Waals surface area contributed by atoms with Crippen molar-refractivity contribution in [1.82, 2.24) is 4.90 Å². The molecule has 2 N–H and O–H groups in total. The van der Waals surface area contributed by atoms with E-state index in [9.17, 15) is 4.79 Å². The molecule has 0 aromatic rings. The van der Waals surface area contributed by atoms with E-state index in [1.807, 2.05) is 11.8 Å². The summed E-state index contributed by atoms with van der Waals surface area (Å²) in [6.45, 7) is 5.72. The zero-order valence-corrected chi connectivity index (χ0v) is 10.6. The lowest BCUT2D eigenvalue weighted by atomic mass is 10.1. The Hall–Kier alpha value is -0.610. The number of amides is 1.